The number of halogens is 1. The van der Waals surface area contributed by atoms with Gasteiger partial charge in [0.15, 0.2) is 5.16 Å². The van der Waals surface area contributed by atoms with Gasteiger partial charge in [0.05, 0.1) is 17.6 Å². The van der Waals surface area contributed by atoms with Gasteiger partial charge in [-0.05, 0) is 54.8 Å². The van der Waals surface area contributed by atoms with E-state index in [0.717, 1.165) is 33.2 Å². The van der Waals surface area contributed by atoms with Crippen LogP contribution in [0.25, 0.3) is 11.3 Å². The Morgan fingerprint density at radius 3 is 2.46 bits per heavy atom. The van der Waals surface area contributed by atoms with Crippen molar-refractivity contribution < 1.29 is 9.18 Å². The highest BCUT2D eigenvalue weighted by molar-refractivity contribution is 7.99. The molecule has 0 saturated heterocycles. The maximum Gasteiger partial charge on any atom is 0.234 e. The van der Waals surface area contributed by atoms with E-state index >= 15 is 0 Å². The first-order valence-corrected chi connectivity index (χ1v) is 9.21. The maximum absolute atomic E-state index is 13.1. The first-order valence-electron chi connectivity index (χ1n) is 8.22. The summed E-state index contributed by atoms with van der Waals surface area (Å²) in [6, 6.07) is 12.2. The number of nitrogens with one attached hydrogen (secondary N) is 1. The van der Waals surface area contributed by atoms with E-state index in [9.17, 15) is 9.18 Å². The number of nitrogens with zero attached hydrogens (tertiary/aromatic N) is 2. The third kappa shape index (κ3) is 3.96. The summed E-state index contributed by atoms with van der Waals surface area (Å²) in [7, 11) is 1.89. The number of hydrogen-bond acceptors (Lipinski definition) is 3. The third-order valence-corrected chi connectivity index (χ3v) is 5.21. The maximum atomic E-state index is 13.1. The highest BCUT2D eigenvalue weighted by atomic mass is 32.2. The van der Waals surface area contributed by atoms with E-state index in [2.05, 4.69) is 10.3 Å². The molecule has 3 aromatic rings. The number of carbonyl (C=O) groups excluding carboxylic acids is 1. The summed E-state index contributed by atoms with van der Waals surface area (Å²) >= 11 is 1.37. The largest absolute Gasteiger partial charge is 0.325 e. The van der Waals surface area contributed by atoms with Crippen LogP contribution in [0.1, 0.15) is 11.1 Å². The molecule has 0 aliphatic rings. The minimum atomic E-state index is -0.270. The number of para-hydroxylation sites is 1. The minimum Gasteiger partial charge on any atom is -0.325 e. The molecular weight excluding hydrogens is 349 g/mol. The monoisotopic (exact) mass is 369 g/mol. The molecule has 0 aliphatic heterocycles. The molecule has 26 heavy (non-hydrogen) atoms. The number of thioether (sulfide) groups is 1. The average molecular weight is 369 g/mol. The Kier molecular flexibility index (Phi) is 5.42. The smallest absolute Gasteiger partial charge is 0.234 e. The van der Waals surface area contributed by atoms with Gasteiger partial charge in [0.2, 0.25) is 5.91 Å². The Morgan fingerprint density at radius 2 is 1.81 bits per heavy atom. The van der Waals surface area contributed by atoms with Crippen molar-refractivity contribution in [2.24, 2.45) is 7.05 Å². The second-order valence-electron chi connectivity index (χ2n) is 6.10. The SMILES string of the molecule is Cc1cccc(C)c1NC(=O)CSc1ncc(-c2ccc(F)cc2)n1C. The van der Waals surface area contributed by atoms with Crippen molar-refractivity contribution in [3.8, 4) is 11.3 Å². The summed E-state index contributed by atoms with van der Waals surface area (Å²) in [6.07, 6.45) is 1.74. The van der Waals surface area contributed by atoms with Crippen LogP contribution in [-0.2, 0) is 11.8 Å². The third-order valence-electron chi connectivity index (χ3n) is 4.16. The zero-order valence-electron chi connectivity index (χ0n) is 14.9. The van der Waals surface area contributed by atoms with Gasteiger partial charge in [0, 0.05) is 12.7 Å². The predicted molar refractivity (Wildman–Crippen MR) is 104 cm³/mol. The number of hydrogen-bond donors (Lipinski definition) is 1. The molecule has 0 fully saturated rings. The quantitative estimate of drug-likeness (QED) is 0.670. The molecule has 134 valence electrons. The highest BCUT2D eigenvalue weighted by Crippen LogP contribution is 2.25. The van der Waals surface area contributed by atoms with E-state index in [1.165, 1.54) is 23.9 Å². The Bertz CT molecular complexity index is 914. The van der Waals surface area contributed by atoms with Crippen LogP contribution in [-0.4, -0.2) is 21.2 Å². The van der Waals surface area contributed by atoms with Crippen molar-refractivity contribution in [1.82, 2.24) is 9.55 Å². The molecule has 1 aromatic heterocycles. The van der Waals surface area contributed by atoms with Crippen molar-refractivity contribution in [3.63, 3.8) is 0 Å². The van der Waals surface area contributed by atoms with Crippen molar-refractivity contribution in [1.29, 1.82) is 0 Å². The summed E-state index contributed by atoms with van der Waals surface area (Å²) in [5.74, 6) is -0.0750. The molecule has 0 unspecified atom stereocenters. The standard InChI is InChI=1S/C20H20FN3OS/c1-13-5-4-6-14(2)19(13)23-18(25)12-26-20-22-11-17(24(20)3)15-7-9-16(21)10-8-15/h4-11H,12H2,1-3H3,(H,23,25). The Balaban J connectivity index is 1.67. The molecular formula is C20H20FN3OS. The molecule has 1 amide bonds. The molecule has 4 nitrogen and oxygen atoms in total. The zero-order chi connectivity index (χ0) is 18.7. The normalized spacial score (nSPS) is 10.8. The summed E-state index contributed by atoms with van der Waals surface area (Å²) in [5, 5.41) is 3.71. The van der Waals surface area contributed by atoms with E-state index in [-0.39, 0.29) is 17.5 Å². The van der Waals surface area contributed by atoms with Crippen LogP contribution < -0.4 is 5.32 Å². The van der Waals surface area contributed by atoms with E-state index in [1.807, 2.05) is 43.7 Å². The van der Waals surface area contributed by atoms with Crippen LogP contribution in [0.3, 0.4) is 0 Å². The molecule has 1 heterocycles. The number of rotatable bonds is 5. The number of amides is 1. The first-order chi connectivity index (χ1) is 12.5. The van der Waals surface area contributed by atoms with Gasteiger partial charge in [-0.15, -0.1) is 0 Å². The molecule has 2 aromatic carbocycles. The average Bonchev–Trinajstić information content (AvgIpc) is 2.98. The summed E-state index contributed by atoms with van der Waals surface area (Å²) in [5.41, 5.74) is 4.71. The lowest BCUT2D eigenvalue weighted by molar-refractivity contribution is -0.113. The van der Waals surface area contributed by atoms with Crippen LogP contribution >= 0.6 is 11.8 Å². The van der Waals surface area contributed by atoms with Crippen LogP contribution in [0.4, 0.5) is 10.1 Å². The topological polar surface area (TPSA) is 46.9 Å². The Labute approximate surface area is 156 Å². The molecule has 0 saturated carbocycles. The summed E-state index contributed by atoms with van der Waals surface area (Å²) in [6.45, 7) is 3.95. The van der Waals surface area contributed by atoms with Gasteiger partial charge in [-0.2, -0.15) is 0 Å². The molecule has 3 rings (SSSR count). The van der Waals surface area contributed by atoms with E-state index in [4.69, 9.17) is 0 Å². The molecule has 6 heteroatoms. The van der Waals surface area contributed by atoms with Crippen molar-refractivity contribution in [2.45, 2.75) is 19.0 Å². The van der Waals surface area contributed by atoms with Crippen molar-refractivity contribution >= 4 is 23.4 Å². The number of benzene rings is 2. The second kappa shape index (κ2) is 7.74. The van der Waals surface area contributed by atoms with Crippen molar-refractivity contribution in [2.75, 3.05) is 11.1 Å². The second-order valence-corrected chi connectivity index (χ2v) is 7.04. The van der Waals surface area contributed by atoms with E-state index in [1.54, 1.807) is 18.3 Å². The zero-order valence-corrected chi connectivity index (χ0v) is 15.7. The first kappa shape index (κ1) is 18.2. The molecule has 0 atom stereocenters. The fourth-order valence-corrected chi connectivity index (χ4v) is 3.48. The lowest BCUT2D eigenvalue weighted by Crippen LogP contribution is -2.16. The van der Waals surface area contributed by atoms with Gasteiger partial charge >= 0.3 is 0 Å². The number of aryl methyl sites for hydroxylation is 2. The molecule has 1 N–H and O–H groups in total. The van der Waals surface area contributed by atoms with Gasteiger partial charge in [0.1, 0.15) is 5.82 Å². The molecule has 0 radical (unpaired) electrons. The van der Waals surface area contributed by atoms with Gasteiger partial charge in [0.25, 0.3) is 0 Å². The van der Waals surface area contributed by atoms with Gasteiger partial charge in [-0.1, -0.05) is 30.0 Å². The Morgan fingerprint density at radius 1 is 1.15 bits per heavy atom. The Hall–Kier alpha value is -2.60. The van der Waals surface area contributed by atoms with Crippen LogP contribution in [0.2, 0.25) is 0 Å². The minimum absolute atomic E-state index is 0.0706. The summed E-state index contributed by atoms with van der Waals surface area (Å²) in [4.78, 5) is 16.7. The highest BCUT2D eigenvalue weighted by Gasteiger charge is 2.12. The van der Waals surface area contributed by atoms with Crippen LogP contribution in [0.5, 0.6) is 0 Å². The molecule has 0 aliphatic carbocycles. The van der Waals surface area contributed by atoms with Gasteiger partial charge < -0.3 is 9.88 Å². The van der Waals surface area contributed by atoms with Gasteiger partial charge in [-0.3, -0.25) is 4.79 Å². The fourth-order valence-electron chi connectivity index (χ4n) is 2.73. The van der Waals surface area contributed by atoms with Crippen LogP contribution in [0, 0.1) is 19.7 Å². The van der Waals surface area contributed by atoms with Crippen LogP contribution in [0.15, 0.2) is 53.8 Å². The number of aromatic nitrogens is 2. The van der Waals surface area contributed by atoms with E-state index < -0.39 is 0 Å². The molecule has 0 spiro atoms. The number of carbonyl (C=O) groups is 1. The molecule has 0 bridgehead atoms. The van der Waals surface area contributed by atoms with Crippen molar-refractivity contribution in [3.05, 3.63) is 65.6 Å². The number of anilines is 1. The predicted octanol–water partition coefficient (Wildman–Crippen LogP) is 4.57. The fraction of sp³-hybridized carbons (Fsp3) is 0.200. The number of imidazole rings is 1. The van der Waals surface area contributed by atoms with E-state index in [0.29, 0.717) is 0 Å². The lowest BCUT2D eigenvalue weighted by Gasteiger charge is -2.11. The van der Waals surface area contributed by atoms with Gasteiger partial charge in [-0.25, -0.2) is 9.37 Å². The summed E-state index contributed by atoms with van der Waals surface area (Å²) < 4.78 is 15.0. The lowest BCUT2D eigenvalue weighted by atomic mass is 10.1.